The van der Waals surface area contributed by atoms with Crippen molar-refractivity contribution in [3.63, 3.8) is 0 Å². The summed E-state index contributed by atoms with van der Waals surface area (Å²) in [7, 11) is 1.22. The first-order valence-corrected chi connectivity index (χ1v) is 6.80. The van der Waals surface area contributed by atoms with E-state index in [9.17, 15) is 14.3 Å². The van der Waals surface area contributed by atoms with Gasteiger partial charge in [-0.1, -0.05) is 12.1 Å². The van der Waals surface area contributed by atoms with Crippen LogP contribution in [-0.4, -0.2) is 18.2 Å². The number of ether oxygens (including phenoxy) is 1. The molecule has 2 aromatic carbocycles. The van der Waals surface area contributed by atoms with E-state index in [0.29, 0.717) is 11.1 Å². The highest BCUT2D eigenvalue weighted by molar-refractivity contribution is 5.96. The van der Waals surface area contributed by atoms with E-state index in [-0.39, 0.29) is 17.8 Å². The second kappa shape index (κ2) is 7.23. The van der Waals surface area contributed by atoms with Gasteiger partial charge in [-0.2, -0.15) is 5.26 Å². The lowest BCUT2D eigenvalue weighted by Gasteiger charge is -2.10. The third-order valence-corrected chi connectivity index (χ3v) is 3.30. The summed E-state index contributed by atoms with van der Waals surface area (Å²) < 4.78 is 17.7. The third kappa shape index (κ3) is 3.95. The Morgan fingerprint density at radius 2 is 1.78 bits per heavy atom. The molecule has 0 aromatic heterocycles. The fourth-order valence-corrected chi connectivity index (χ4v) is 2.06. The predicted octanol–water partition coefficient (Wildman–Crippen LogP) is 3.38. The molecule has 0 aliphatic carbocycles. The quantitative estimate of drug-likeness (QED) is 0.534. The minimum absolute atomic E-state index is 0.0591. The van der Waals surface area contributed by atoms with Crippen LogP contribution in [0.3, 0.4) is 0 Å². The van der Waals surface area contributed by atoms with Crippen LogP contribution in [0.15, 0.2) is 54.1 Å². The fourth-order valence-electron chi connectivity index (χ4n) is 2.06. The van der Waals surface area contributed by atoms with Gasteiger partial charge in [-0.3, -0.25) is 0 Å². The van der Waals surface area contributed by atoms with Crippen molar-refractivity contribution in [3.05, 3.63) is 76.6 Å². The number of esters is 1. The molecule has 0 aliphatic rings. The number of carbonyl (C=O) groups excluding carboxylic acids is 1. The highest BCUT2D eigenvalue weighted by Gasteiger charge is 2.18. The lowest BCUT2D eigenvalue weighted by atomic mass is 10.00. The van der Waals surface area contributed by atoms with Gasteiger partial charge in [-0.25, -0.2) is 9.18 Å². The van der Waals surface area contributed by atoms with Gasteiger partial charge >= 0.3 is 5.97 Å². The van der Waals surface area contributed by atoms with Crippen molar-refractivity contribution in [1.29, 1.82) is 5.26 Å². The zero-order chi connectivity index (χ0) is 16.8. The minimum atomic E-state index is -0.670. The SMILES string of the molecule is COC(=O)/C(Cc1ccc(C#N)cc1)=C(\O)c1ccc(F)cc1. The normalized spacial score (nSPS) is 11.3. The number of hydrogen-bond acceptors (Lipinski definition) is 4. The first-order chi connectivity index (χ1) is 11.0. The molecule has 0 saturated carbocycles. The maximum absolute atomic E-state index is 13.0. The number of rotatable bonds is 4. The van der Waals surface area contributed by atoms with Crippen LogP contribution in [0.4, 0.5) is 4.39 Å². The van der Waals surface area contributed by atoms with E-state index in [1.54, 1.807) is 24.3 Å². The second-order valence-electron chi connectivity index (χ2n) is 4.81. The number of nitriles is 1. The van der Waals surface area contributed by atoms with E-state index in [1.165, 1.54) is 31.4 Å². The van der Waals surface area contributed by atoms with E-state index in [4.69, 9.17) is 10.00 Å². The van der Waals surface area contributed by atoms with Crippen LogP contribution in [0, 0.1) is 17.1 Å². The average molecular weight is 311 g/mol. The van der Waals surface area contributed by atoms with Crippen molar-refractivity contribution >= 4 is 11.7 Å². The van der Waals surface area contributed by atoms with Gasteiger partial charge in [0, 0.05) is 12.0 Å². The van der Waals surface area contributed by atoms with Crippen molar-refractivity contribution in [1.82, 2.24) is 0 Å². The van der Waals surface area contributed by atoms with Crippen LogP contribution in [0.25, 0.3) is 5.76 Å². The Morgan fingerprint density at radius 3 is 2.30 bits per heavy atom. The molecule has 0 aliphatic heterocycles. The number of halogens is 1. The van der Waals surface area contributed by atoms with Crippen LogP contribution < -0.4 is 0 Å². The van der Waals surface area contributed by atoms with Crippen molar-refractivity contribution in [3.8, 4) is 6.07 Å². The van der Waals surface area contributed by atoms with Gasteiger partial charge in [0.05, 0.1) is 24.3 Å². The zero-order valence-corrected chi connectivity index (χ0v) is 12.4. The Morgan fingerprint density at radius 1 is 1.17 bits per heavy atom. The molecule has 0 fully saturated rings. The molecule has 0 bridgehead atoms. The van der Waals surface area contributed by atoms with E-state index in [1.807, 2.05) is 6.07 Å². The summed E-state index contributed by atoms with van der Waals surface area (Å²) in [5.41, 5.74) is 1.61. The first kappa shape index (κ1) is 16.2. The van der Waals surface area contributed by atoms with E-state index < -0.39 is 11.8 Å². The molecule has 23 heavy (non-hydrogen) atoms. The van der Waals surface area contributed by atoms with Crippen LogP contribution in [0.2, 0.25) is 0 Å². The topological polar surface area (TPSA) is 70.3 Å². The van der Waals surface area contributed by atoms with E-state index in [0.717, 1.165) is 5.56 Å². The van der Waals surface area contributed by atoms with Crippen LogP contribution in [0.5, 0.6) is 0 Å². The smallest absolute Gasteiger partial charge is 0.337 e. The van der Waals surface area contributed by atoms with Gasteiger partial charge in [-0.05, 0) is 42.0 Å². The number of benzene rings is 2. The molecule has 0 heterocycles. The number of nitrogens with zero attached hydrogens (tertiary/aromatic N) is 1. The third-order valence-electron chi connectivity index (χ3n) is 3.30. The Bertz CT molecular complexity index is 771. The van der Waals surface area contributed by atoms with Gasteiger partial charge < -0.3 is 9.84 Å². The lowest BCUT2D eigenvalue weighted by Crippen LogP contribution is -2.10. The highest BCUT2D eigenvalue weighted by atomic mass is 19.1. The Hall–Kier alpha value is -3.13. The molecule has 0 spiro atoms. The maximum Gasteiger partial charge on any atom is 0.337 e. The van der Waals surface area contributed by atoms with Crippen molar-refractivity contribution in [2.45, 2.75) is 6.42 Å². The van der Waals surface area contributed by atoms with Gasteiger partial charge in [0.25, 0.3) is 0 Å². The number of aliphatic hydroxyl groups excluding tert-OH is 1. The van der Waals surface area contributed by atoms with Crippen LogP contribution in [0.1, 0.15) is 16.7 Å². The lowest BCUT2D eigenvalue weighted by molar-refractivity contribution is -0.136. The summed E-state index contributed by atoms with van der Waals surface area (Å²) in [4.78, 5) is 12.0. The Labute approximate surface area is 133 Å². The largest absolute Gasteiger partial charge is 0.507 e. The van der Waals surface area contributed by atoms with Gasteiger partial charge in [-0.15, -0.1) is 0 Å². The summed E-state index contributed by atoms with van der Waals surface area (Å²) >= 11 is 0. The summed E-state index contributed by atoms with van der Waals surface area (Å²) in [6.07, 6.45) is 0.127. The molecule has 0 radical (unpaired) electrons. The average Bonchev–Trinajstić information content (AvgIpc) is 2.59. The molecule has 0 unspecified atom stereocenters. The second-order valence-corrected chi connectivity index (χ2v) is 4.81. The van der Waals surface area contributed by atoms with Crippen molar-refractivity contribution in [2.75, 3.05) is 7.11 Å². The fraction of sp³-hybridized carbons (Fsp3) is 0.111. The molecule has 2 aromatic rings. The summed E-state index contributed by atoms with van der Waals surface area (Å²) in [6.45, 7) is 0. The molecule has 0 atom stereocenters. The zero-order valence-electron chi connectivity index (χ0n) is 12.4. The van der Waals surface area contributed by atoms with Gasteiger partial charge in [0.2, 0.25) is 0 Å². The molecule has 0 saturated heterocycles. The Balaban J connectivity index is 2.39. The number of carbonyl (C=O) groups is 1. The molecule has 5 heteroatoms. The van der Waals surface area contributed by atoms with Gasteiger partial charge in [0.1, 0.15) is 11.6 Å². The molecular weight excluding hydrogens is 297 g/mol. The summed E-state index contributed by atoms with van der Waals surface area (Å²) in [5, 5.41) is 19.1. The van der Waals surface area contributed by atoms with E-state index >= 15 is 0 Å². The first-order valence-electron chi connectivity index (χ1n) is 6.80. The molecule has 2 rings (SSSR count). The number of methoxy groups -OCH3 is 1. The molecule has 1 N–H and O–H groups in total. The predicted molar refractivity (Wildman–Crippen MR) is 82.8 cm³/mol. The van der Waals surface area contributed by atoms with Gasteiger partial charge in [0.15, 0.2) is 0 Å². The summed E-state index contributed by atoms with van der Waals surface area (Å²) in [6, 6.07) is 13.8. The van der Waals surface area contributed by atoms with E-state index in [2.05, 4.69) is 0 Å². The maximum atomic E-state index is 13.0. The van der Waals surface area contributed by atoms with Crippen molar-refractivity contribution in [2.24, 2.45) is 0 Å². The molecule has 4 nitrogen and oxygen atoms in total. The molecular formula is C18H14FNO3. The standard InChI is InChI=1S/C18H14FNO3/c1-23-18(22)16(10-12-2-4-13(11-20)5-3-12)17(21)14-6-8-15(19)9-7-14/h2-9,21H,10H2,1H3/b17-16-. The number of hydrogen-bond donors (Lipinski definition) is 1. The van der Waals surface area contributed by atoms with Crippen LogP contribution in [-0.2, 0) is 16.0 Å². The monoisotopic (exact) mass is 311 g/mol. The van der Waals surface area contributed by atoms with Crippen LogP contribution >= 0.6 is 0 Å². The highest BCUT2D eigenvalue weighted by Crippen LogP contribution is 2.21. The van der Waals surface area contributed by atoms with Crippen molar-refractivity contribution < 1.29 is 19.0 Å². The molecule has 116 valence electrons. The minimum Gasteiger partial charge on any atom is -0.507 e. The number of aliphatic hydroxyl groups is 1. The summed E-state index contributed by atoms with van der Waals surface area (Å²) in [5.74, 6) is -1.37. The Kier molecular flexibility index (Phi) is 5.11. The molecule has 0 amide bonds.